The Bertz CT molecular complexity index is 405. The molecule has 0 bridgehead atoms. The number of hydrogen-bond donors (Lipinski definition) is 1. The monoisotopic (exact) mass is 273 g/mol. The number of halogens is 3. The maximum atomic E-state index is 13.0. The fraction of sp³-hybridized carbons (Fsp3) is 0.571. The second-order valence-electron chi connectivity index (χ2n) is 4.90. The molecule has 0 aliphatic heterocycles. The van der Waals surface area contributed by atoms with Crippen molar-refractivity contribution in [2.75, 3.05) is 6.54 Å². The Morgan fingerprint density at radius 3 is 2.56 bits per heavy atom. The smallest absolute Gasteiger partial charge is 0.160 e. The molecule has 1 saturated carbocycles. The topological polar surface area (TPSA) is 12.0 Å². The van der Waals surface area contributed by atoms with Crippen LogP contribution in [0.4, 0.5) is 8.78 Å². The maximum Gasteiger partial charge on any atom is 0.160 e. The molecule has 1 aliphatic carbocycles. The summed E-state index contributed by atoms with van der Waals surface area (Å²) in [6.45, 7) is 1.05. The van der Waals surface area contributed by atoms with Crippen molar-refractivity contribution >= 4 is 11.6 Å². The van der Waals surface area contributed by atoms with Crippen molar-refractivity contribution in [1.29, 1.82) is 0 Å². The van der Waals surface area contributed by atoms with Gasteiger partial charge in [-0.15, -0.1) is 0 Å². The third-order valence-corrected chi connectivity index (χ3v) is 3.57. The molecule has 100 valence electrons. The van der Waals surface area contributed by atoms with Crippen molar-refractivity contribution in [3.63, 3.8) is 0 Å². The Labute approximate surface area is 112 Å². The van der Waals surface area contributed by atoms with Gasteiger partial charge in [0.05, 0.1) is 0 Å². The first-order chi connectivity index (χ1) is 8.66. The van der Waals surface area contributed by atoms with Crippen molar-refractivity contribution in [3.8, 4) is 0 Å². The van der Waals surface area contributed by atoms with Gasteiger partial charge < -0.3 is 5.32 Å². The van der Waals surface area contributed by atoms with E-state index in [0.29, 0.717) is 17.0 Å². The van der Waals surface area contributed by atoms with E-state index < -0.39 is 11.6 Å². The quantitative estimate of drug-likeness (QED) is 0.583. The first-order valence-corrected chi connectivity index (χ1v) is 6.91. The first-order valence-electron chi connectivity index (χ1n) is 6.53. The number of rotatable bonds is 7. The van der Waals surface area contributed by atoms with E-state index in [1.165, 1.54) is 18.9 Å². The highest BCUT2D eigenvalue weighted by molar-refractivity contribution is 6.31. The molecule has 1 N–H and O–H groups in total. The summed E-state index contributed by atoms with van der Waals surface area (Å²) >= 11 is 5.87. The standard InChI is InChI=1S/C14H18ClF2N/c15-12-9-14(17)13(16)8-10(12)4-2-1-3-7-18-11-5-6-11/h8-9,11,18H,1-7H2. The molecule has 0 atom stereocenters. The number of aryl methyl sites for hydroxylation is 1. The molecule has 1 aromatic rings. The fourth-order valence-corrected chi connectivity index (χ4v) is 2.21. The van der Waals surface area contributed by atoms with Crippen LogP contribution in [0.5, 0.6) is 0 Å². The Morgan fingerprint density at radius 1 is 1.11 bits per heavy atom. The van der Waals surface area contributed by atoms with Gasteiger partial charge in [0, 0.05) is 11.1 Å². The van der Waals surface area contributed by atoms with Crippen LogP contribution in [0.25, 0.3) is 0 Å². The highest BCUT2D eigenvalue weighted by Crippen LogP contribution is 2.22. The summed E-state index contributed by atoms with van der Waals surface area (Å²) < 4.78 is 25.9. The predicted molar refractivity (Wildman–Crippen MR) is 69.9 cm³/mol. The third-order valence-electron chi connectivity index (χ3n) is 3.22. The van der Waals surface area contributed by atoms with Crippen LogP contribution in [-0.2, 0) is 6.42 Å². The second kappa shape index (κ2) is 6.48. The van der Waals surface area contributed by atoms with Crippen LogP contribution < -0.4 is 5.32 Å². The van der Waals surface area contributed by atoms with Crippen LogP contribution in [0.2, 0.25) is 5.02 Å². The number of hydrogen-bond acceptors (Lipinski definition) is 1. The molecule has 0 aromatic heterocycles. The van der Waals surface area contributed by atoms with Gasteiger partial charge in [-0.3, -0.25) is 0 Å². The molecule has 0 amide bonds. The SMILES string of the molecule is Fc1cc(Cl)c(CCCCCNC2CC2)cc1F. The molecule has 1 fully saturated rings. The number of benzene rings is 1. The van der Waals surface area contributed by atoms with Crippen LogP contribution in [0, 0.1) is 11.6 Å². The van der Waals surface area contributed by atoms with Crippen LogP contribution in [0.15, 0.2) is 12.1 Å². The van der Waals surface area contributed by atoms with Gasteiger partial charge in [0.15, 0.2) is 11.6 Å². The highest BCUT2D eigenvalue weighted by Gasteiger charge is 2.19. The van der Waals surface area contributed by atoms with E-state index in [1.54, 1.807) is 0 Å². The molecular formula is C14H18ClF2N. The van der Waals surface area contributed by atoms with Gasteiger partial charge in [-0.1, -0.05) is 18.0 Å². The van der Waals surface area contributed by atoms with E-state index in [2.05, 4.69) is 5.32 Å². The Kier molecular flexibility index (Phi) is 4.95. The normalized spacial score (nSPS) is 15.1. The van der Waals surface area contributed by atoms with E-state index in [4.69, 9.17) is 11.6 Å². The lowest BCUT2D eigenvalue weighted by molar-refractivity contribution is 0.506. The van der Waals surface area contributed by atoms with Gasteiger partial charge >= 0.3 is 0 Å². The van der Waals surface area contributed by atoms with Gasteiger partial charge in [0.2, 0.25) is 0 Å². The van der Waals surface area contributed by atoms with Gasteiger partial charge in [-0.05, 0) is 56.3 Å². The molecule has 4 heteroatoms. The molecule has 1 nitrogen and oxygen atoms in total. The summed E-state index contributed by atoms with van der Waals surface area (Å²) in [6, 6.07) is 3.02. The largest absolute Gasteiger partial charge is 0.314 e. The average molecular weight is 274 g/mol. The third kappa shape index (κ3) is 4.21. The second-order valence-corrected chi connectivity index (χ2v) is 5.30. The summed E-state index contributed by atoms with van der Waals surface area (Å²) in [5.41, 5.74) is 0.700. The molecule has 0 unspecified atom stereocenters. The molecular weight excluding hydrogens is 256 g/mol. The summed E-state index contributed by atoms with van der Waals surface area (Å²) in [4.78, 5) is 0. The van der Waals surface area contributed by atoms with Crippen LogP contribution in [-0.4, -0.2) is 12.6 Å². The van der Waals surface area contributed by atoms with Crippen LogP contribution in [0.3, 0.4) is 0 Å². The molecule has 1 aliphatic rings. The molecule has 1 aromatic carbocycles. The van der Waals surface area contributed by atoms with Crippen molar-refractivity contribution < 1.29 is 8.78 Å². The zero-order valence-corrected chi connectivity index (χ0v) is 11.1. The molecule has 0 heterocycles. The average Bonchev–Trinajstić information content (AvgIpc) is 3.13. The molecule has 2 rings (SSSR count). The van der Waals surface area contributed by atoms with E-state index in [9.17, 15) is 8.78 Å². The van der Waals surface area contributed by atoms with Crippen molar-refractivity contribution in [1.82, 2.24) is 5.32 Å². The van der Waals surface area contributed by atoms with E-state index >= 15 is 0 Å². The summed E-state index contributed by atoms with van der Waals surface area (Å²) in [7, 11) is 0. The maximum absolute atomic E-state index is 13.0. The van der Waals surface area contributed by atoms with Crippen molar-refractivity contribution in [2.24, 2.45) is 0 Å². The minimum absolute atomic E-state index is 0.324. The Morgan fingerprint density at radius 2 is 1.83 bits per heavy atom. The van der Waals surface area contributed by atoms with Crippen LogP contribution >= 0.6 is 11.6 Å². The lowest BCUT2D eigenvalue weighted by Gasteiger charge is -2.06. The van der Waals surface area contributed by atoms with Crippen LogP contribution in [0.1, 0.15) is 37.7 Å². The minimum Gasteiger partial charge on any atom is -0.314 e. The summed E-state index contributed by atoms with van der Waals surface area (Å²) in [5.74, 6) is -1.69. The lowest BCUT2D eigenvalue weighted by Crippen LogP contribution is -2.17. The fourth-order valence-electron chi connectivity index (χ4n) is 1.97. The summed E-state index contributed by atoms with van der Waals surface area (Å²) in [6.07, 6.45) is 6.48. The molecule has 0 spiro atoms. The molecule has 0 saturated heterocycles. The zero-order chi connectivity index (χ0) is 13.0. The van der Waals surface area contributed by atoms with Gasteiger partial charge in [0.25, 0.3) is 0 Å². The summed E-state index contributed by atoms with van der Waals surface area (Å²) in [5, 5.41) is 3.77. The van der Waals surface area contributed by atoms with E-state index in [0.717, 1.165) is 37.9 Å². The molecule has 0 radical (unpaired) electrons. The number of unbranched alkanes of at least 4 members (excludes halogenated alkanes) is 2. The zero-order valence-electron chi connectivity index (χ0n) is 10.3. The first kappa shape index (κ1) is 13.8. The minimum atomic E-state index is -0.877. The van der Waals surface area contributed by atoms with Gasteiger partial charge in [-0.25, -0.2) is 8.78 Å². The van der Waals surface area contributed by atoms with Crippen molar-refractivity contribution in [3.05, 3.63) is 34.4 Å². The highest BCUT2D eigenvalue weighted by atomic mass is 35.5. The Balaban J connectivity index is 1.67. The van der Waals surface area contributed by atoms with E-state index in [1.807, 2.05) is 0 Å². The van der Waals surface area contributed by atoms with Gasteiger partial charge in [-0.2, -0.15) is 0 Å². The lowest BCUT2D eigenvalue weighted by atomic mass is 10.1. The predicted octanol–water partition coefficient (Wildman–Crippen LogP) is 4.08. The number of nitrogens with one attached hydrogen (secondary N) is 1. The van der Waals surface area contributed by atoms with E-state index in [-0.39, 0.29) is 0 Å². The van der Waals surface area contributed by atoms with Crippen molar-refractivity contribution in [2.45, 2.75) is 44.6 Å². The molecule has 18 heavy (non-hydrogen) atoms. The van der Waals surface area contributed by atoms with Gasteiger partial charge in [0.1, 0.15) is 0 Å². The Hall–Kier alpha value is -0.670.